The Labute approximate surface area is 66.9 Å². The van der Waals surface area contributed by atoms with Crippen LogP contribution in [0.25, 0.3) is 0 Å². The standard InChI is InChI=1S/C9H14O2/c1-6-7-4-2-3-5-8(7)11-9(6)10/h6-8H,2-5H2,1H3/t6-,7-,8+/m1/s1. The number of esters is 1. The van der Waals surface area contributed by atoms with E-state index in [1.54, 1.807) is 0 Å². The fourth-order valence-electron chi connectivity index (χ4n) is 2.28. The third kappa shape index (κ3) is 1.05. The summed E-state index contributed by atoms with van der Waals surface area (Å²) in [5.74, 6) is 0.735. The SMILES string of the molecule is C[C@H]1C(=O)O[C@H]2CCCC[C@@H]21. The van der Waals surface area contributed by atoms with E-state index < -0.39 is 0 Å². The molecule has 1 saturated carbocycles. The number of fused-ring (bicyclic) bond motifs is 1. The maximum Gasteiger partial charge on any atom is 0.309 e. The molecule has 0 radical (unpaired) electrons. The van der Waals surface area contributed by atoms with Gasteiger partial charge in [0.2, 0.25) is 0 Å². The summed E-state index contributed by atoms with van der Waals surface area (Å²) < 4.78 is 5.24. The minimum Gasteiger partial charge on any atom is -0.462 e. The summed E-state index contributed by atoms with van der Waals surface area (Å²) in [6.45, 7) is 2.00. The Morgan fingerprint density at radius 1 is 1.36 bits per heavy atom. The van der Waals surface area contributed by atoms with Gasteiger partial charge in [-0.1, -0.05) is 13.3 Å². The predicted octanol–water partition coefficient (Wildman–Crippen LogP) is 1.74. The Kier molecular flexibility index (Phi) is 1.63. The summed E-state index contributed by atoms with van der Waals surface area (Å²) in [6, 6.07) is 0. The molecule has 1 aliphatic heterocycles. The number of ether oxygens (including phenoxy) is 1. The van der Waals surface area contributed by atoms with Gasteiger partial charge in [0.05, 0.1) is 5.92 Å². The van der Waals surface area contributed by atoms with Gasteiger partial charge in [0.1, 0.15) is 6.10 Å². The smallest absolute Gasteiger partial charge is 0.309 e. The highest BCUT2D eigenvalue weighted by Crippen LogP contribution is 2.38. The van der Waals surface area contributed by atoms with Gasteiger partial charge in [-0.25, -0.2) is 0 Å². The zero-order valence-electron chi connectivity index (χ0n) is 6.88. The van der Waals surface area contributed by atoms with Crippen LogP contribution in [0, 0.1) is 11.8 Å². The first-order valence-corrected chi connectivity index (χ1v) is 4.49. The Bertz CT molecular complexity index is 176. The van der Waals surface area contributed by atoms with Crippen molar-refractivity contribution < 1.29 is 9.53 Å². The molecule has 2 rings (SSSR count). The second kappa shape index (κ2) is 2.50. The van der Waals surface area contributed by atoms with E-state index in [-0.39, 0.29) is 18.0 Å². The summed E-state index contributed by atoms with van der Waals surface area (Å²) >= 11 is 0. The number of hydrogen-bond acceptors (Lipinski definition) is 2. The molecule has 0 unspecified atom stereocenters. The molecule has 0 bridgehead atoms. The van der Waals surface area contributed by atoms with Gasteiger partial charge in [0, 0.05) is 5.92 Å². The van der Waals surface area contributed by atoms with E-state index in [0.29, 0.717) is 5.92 Å². The molecule has 2 heteroatoms. The molecule has 0 spiro atoms. The van der Waals surface area contributed by atoms with E-state index >= 15 is 0 Å². The molecule has 0 aromatic carbocycles. The maximum absolute atomic E-state index is 11.1. The Morgan fingerprint density at radius 2 is 2.09 bits per heavy atom. The third-order valence-electron chi connectivity index (χ3n) is 3.04. The summed E-state index contributed by atoms with van der Waals surface area (Å²) in [7, 11) is 0. The average Bonchev–Trinajstić information content (AvgIpc) is 2.30. The van der Waals surface area contributed by atoms with Gasteiger partial charge >= 0.3 is 5.97 Å². The number of rotatable bonds is 0. The molecule has 0 N–H and O–H groups in total. The molecule has 3 atom stereocenters. The molecule has 0 aromatic heterocycles. The second-order valence-electron chi connectivity index (χ2n) is 3.71. The lowest BCUT2D eigenvalue weighted by atomic mass is 9.81. The molecule has 11 heavy (non-hydrogen) atoms. The molecule has 0 amide bonds. The molecular weight excluding hydrogens is 140 g/mol. The zero-order valence-corrected chi connectivity index (χ0v) is 6.88. The van der Waals surface area contributed by atoms with Crippen molar-refractivity contribution in [2.75, 3.05) is 0 Å². The van der Waals surface area contributed by atoms with Crippen LogP contribution in [0.1, 0.15) is 32.6 Å². The first kappa shape index (κ1) is 7.14. The van der Waals surface area contributed by atoms with Gasteiger partial charge in [0.15, 0.2) is 0 Å². The summed E-state index contributed by atoms with van der Waals surface area (Å²) in [4.78, 5) is 11.1. The Hall–Kier alpha value is -0.530. The quantitative estimate of drug-likeness (QED) is 0.497. The van der Waals surface area contributed by atoms with Crippen LogP contribution < -0.4 is 0 Å². The van der Waals surface area contributed by atoms with Crippen molar-refractivity contribution in [2.24, 2.45) is 11.8 Å². The first-order valence-electron chi connectivity index (χ1n) is 4.49. The highest BCUT2D eigenvalue weighted by atomic mass is 16.6. The molecule has 2 nitrogen and oxygen atoms in total. The molecular formula is C9H14O2. The number of hydrogen-bond donors (Lipinski definition) is 0. The number of carbonyl (C=O) groups excluding carboxylic acids is 1. The fraction of sp³-hybridized carbons (Fsp3) is 0.889. The highest BCUT2D eigenvalue weighted by molar-refractivity contribution is 5.74. The van der Waals surface area contributed by atoms with E-state index in [4.69, 9.17) is 4.74 Å². The van der Waals surface area contributed by atoms with Gasteiger partial charge in [-0.3, -0.25) is 4.79 Å². The lowest BCUT2D eigenvalue weighted by Gasteiger charge is -2.23. The van der Waals surface area contributed by atoms with Crippen LogP contribution in [0.3, 0.4) is 0 Å². The van der Waals surface area contributed by atoms with E-state index in [9.17, 15) is 4.79 Å². The van der Waals surface area contributed by atoms with Gasteiger partial charge in [-0.2, -0.15) is 0 Å². The Morgan fingerprint density at radius 3 is 2.82 bits per heavy atom. The van der Waals surface area contributed by atoms with Crippen LogP contribution in [0.4, 0.5) is 0 Å². The minimum atomic E-state index is 0.0295. The van der Waals surface area contributed by atoms with Crippen LogP contribution in [0.5, 0.6) is 0 Å². The van der Waals surface area contributed by atoms with Crippen LogP contribution in [0.15, 0.2) is 0 Å². The summed E-state index contributed by atoms with van der Waals surface area (Å²) in [5.41, 5.74) is 0. The largest absolute Gasteiger partial charge is 0.462 e. The highest BCUT2D eigenvalue weighted by Gasteiger charge is 2.42. The predicted molar refractivity (Wildman–Crippen MR) is 41.0 cm³/mol. The van der Waals surface area contributed by atoms with Gasteiger partial charge in [-0.15, -0.1) is 0 Å². The number of carbonyl (C=O) groups is 1. The molecule has 1 aliphatic carbocycles. The van der Waals surface area contributed by atoms with Crippen LogP contribution in [-0.2, 0) is 9.53 Å². The topological polar surface area (TPSA) is 26.3 Å². The van der Waals surface area contributed by atoms with Gasteiger partial charge < -0.3 is 4.74 Å². The van der Waals surface area contributed by atoms with E-state index in [1.807, 2.05) is 6.92 Å². The van der Waals surface area contributed by atoms with E-state index in [0.717, 1.165) is 6.42 Å². The monoisotopic (exact) mass is 154 g/mol. The van der Waals surface area contributed by atoms with Crippen molar-refractivity contribution in [3.05, 3.63) is 0 Å². The van der Waals surface area contributed by atoms with Crippen molar-refractivity contribution in [3.8, 4) is 0 Å². The van der Waals surface area contributed by atoms with Crippen molar-refractivity contribution in [1.82, 2.24) is 0 Å². The normalized spacial score (nSPS) is 43.4. The van der Waals surface area contributed by atoms with E-state index in [2.05, 4.69) is 0 Å². The molecule has 0 aromatic rings. The molecule has 1 heterocycles. The van der Waals surface area contributed by atoms with Crippen molar-refractivity contribution >= 4 is 5.97 Å². The van der Waals surface area contributed by atoms with E-state index in [1.165, 1.54) is 19.3 Å². The van der Waals surface area contributed by atoms with Gasteiger partial charge in [-0.05, 0) is 19.3 Å². The zero-order chi connectivity index (χ0) is 7.84. The molecule has 2 aliphatic rings. The maximum atomic E-state index is 11.1. The van der Waals surface area contributed by atoms with Gasteiger partial charge in [0.25, 0.3) is 0 Å². The van der Waals surface area contributed by atoms with Crippen molar-refractivity contribution in [1.29, 1.82) is 0 Å². The summed E-state index contributed by atoms with van der Waals surface area (Å²) in [5, 5.41) is 0. The third-order valence-corrected chi connectivity index (χ3v) is 3.04. The lowest BCUT2D eigenvalue weighted by Crippen LogP contribution is -2.23. The Balaban J connectivity index is 2.11. The molecule has 2 fully saturated rings. The average molecular weight is 154 g/mol. The van der Waals surface area contributed by atoms with Crippen LogP contribution in [-0.4, -0.2) is 12.1 Å². The molecule has 62 valence electrons. The van der Waals surface area contributed by atoms with Crippen molar-refractivity contribution in [3.63, 3.8) is 0 Å². The van der Waals surface area contributed by atoms with Crippen molar-refractivity contribution in [2.45, 2.75) is 38.7 Å². The lowest BCUT2D eigenvalue weighted by molar-refractivity contribution is -0.144. The molecule has 1 saturated heterocycles. The van der Waals surface area contributed by atoms with Crippen LogP contribution >= 0.6 is 0 Å². The second-order valence-corrected chi connectivity index (χ2v) is 3.71. The minimum absolute atomic E-state index is 0.0295. The fourth-order valence-corrected chi connectivity index (χ4v) is 2.28. The first-order chi connectivity index (χ1) is 5.29. The summed E-state index contributed by atoms with van der Waals surface area (Å²) in [6.07, 6.45) is 5.08. The van der Waals surface area contributed by atoms with Crippen LogP contribution in [0.2, 0.25) is 0 Å².